The maximum absolute atomic E-state index is 15.2. The minimum Gasteiger partial charge on any atom is -0.460 e. The molecular weight excluding hydrogens is 439 g/mol. The molecule has 0 unspecified atom stereocenters. The minimum absolute atomic E-state index is 0.0103. The first kappa shape index (κ1) is 25.4. The molecule has 0 fully saturated rings. The number of carbonyl (C=O) groups is 2. The smallest absolute Gasteiger partial charge is 0.306 e. The largest absolute Gasteiger partial charge is 0.460 e. The molecule has 1 aromatic carbocycles. The van der Waals surface area contributed by atoms with Gasteiger partial charge >= 0.3 is 5.97 Å². The lowest BCUT2D eigenvalue weighted by Crippen LogP contribution is -2.29. The van der Waals surface area contributed by atoms with Gasteiger partial charge in [-0.2, -0.15) is 0 Å². The van der Waals surface area contributed by atoms with Crippen molar-refractivity contribution in [2.45, 2.75) is 53.2 Å². The Bertz CT molecular complexity index is 1050. The van der Waals surface area contributed by atoms with Gasteiger partial charge in [-0.05, 0) is 52.3 Å². The van der Waals surface area contributed by atoms with E-state index >= 15 is 4.39 Å². The van der Waals surface area contributed by atoms with Gasteiger partial charge in [0, 0.05) is 36.9 Å². The van der Waals surface area contributed by atoms with E-state index in [4.69, 9.17) is 9.47 Å². The summed E-state index contributed by atoms with van der Waals surface area (Å²) in [5.41, 5.74) is 1.64. The van der Waals surface area contributed by atoms with E-state index < -0.39 is 11.4 Å². The fraction of sp³-hybridized carbons (Fsp3) is 0.480. The summed E-state index contributed by atoms with van der Waals surface area (Å²) < 4.78 is 26.2. The lowest BCUT2D eigenvalue weighted by Gasteiger charge is -2.23. The van der Waals surface area contributed by atoms with Crippen molar-refractivity contribution in [2.24, 2.45) is 5.92 Å². The van der Waals surface area contributed by atoms with Crippen LogP contribution in [0.2, 0.25) is 0 Å². The molecule has 1 aromatic heterocycles. The first-order valence-electron chi connectivity index (χ1n) is 11.4. The number of aromatic nitrogens is 1. The number of aryl methyl sites for hydroxylation is 1. The van der Waals surface area contributed by atoms with E-state index in [1.54, 1.807) is 0 Å². The molecule has 0 saturated carbocycles. The van der Waals surface area contributed by atoms with E-state index in [0.29, 0.717) is 13.2 Å². The van der Waals surface area contributed by atoms with Gasteiger partial charge in [-0.15, -0.1) is 0 Å². The van der Waals surface area contributed by atoms with Crippen LogP contribution in [0.5, 0.6) is 0 Å². The molecule has 3 rings (SSSR count). The summed E-state index contributed by atoms with van der Waals surface area (Å²) in [6.45, 7) is 10.4. The van der Waals surface area contributed by atoms with Gasteiger partial charge in [-0.1, -0.05) is 12.1 Å². The van der Waals surface area contributed by atoms with E-state index in [9.17, 15) is 9.59 Å². The summed E-state index contributed by atoms with van der Waals surface area (Å²) in [5, 5.41) is 8.83. The van der Waals surface area contributed by atoms with Crippen molar-refractivity contribution in [3.63, 3.8) is 0 Å². The number of fused-ring (bicyclic) bond motifs is 1. The number of nitrogens with one attached hydrogen (secondary N) is 3. The van der Waals surface area contributed by atoms with Crippen molar-refractivity contribution in [1.29, 1.82) is 0 Å². The monoisotopic (exact) mass is 472 g/mol. The summed E-state index contributed by atoms with van der Waals surface area (Å²) in [6, 6.07) is 7.60. The van der Waals surface area contributed by atoms with Gasteiger partial charge < -0.3 is 25.4 Å². The van der Waals surface area contributed by atoms with Crippen LogP contribution in [0.25, 0.3) is 0 Å². The molecule has 34 heavy (non-hydrogen) atoms. The van der Waals surface area contributed by atoms with Crippen molar-refractivity contribution in [3.8, 4) is 0 Å². The van der Waals surface area contributed by atoms with Gasteiger partial charge in [0.2, 0.25) is 0 Å². The number of nitrogens with zero attached hydrogens (tertiary/aromatic N) is 1. The average Bonchev–Trinajstić information content (AvgIpc) is 3.13. The summed E-state index contributed by atoms with van der Waals surface area (Å²) in [7, 11) is 0. The molecule has 1 atom stereocenters. The number of benzene rings is 1. The van der Waals surface area contributed by atoms with Crippen molar-refractivity contribution in [2.75, 3.05) is 30.4 Å². The predicted molar refractivity (Wildman–Crippen MR) is 129 cm³/mol. The molecule has 9 heteroatoms. The zero-order valence-corrected chi connectivity index (χ0v) is 20.4. The quantitative estimate of drug-likeness (QED) is 0.443. The fourth-order valence-corrected chi connectivity index (χ4v) is 3.68. The van der Waals surface area contributed by atoms with Crippen molar-refractivity contribution >= 4 is 29.2 Å². The minimum atomic E-state index is -0.593. The first-order chi connectivity index (χ1) is 16.1. The molecule has 0 radical (unpaired) electrons. The highest BCUT2D eigenvalue weighted by Gasteiger charge is 2.30. The van der Waals surface area contributed by atoms with Gasteiger partial charge in [0.15, 0.2) is 11.6 Å². The number of anilines is 3. The Labute approximate surface area is 199 Å². The van der Waals surface area contributed by atoms with Gasteiger partial charge in [0.1, 0.15) is 11.4 Å². The highest BCUT2D eigenvalue weighted by atomic mass is 19.1. The zero-order valence-electron chi connectivity index (χ0n) is 20.4. The van der Waals surface area contributed by atoms with Crippen LogP contribution in [-0.4, -0.2) is 42.2 Å². The molecule has 0 saturated heterocycles. The maximum Gasteiger partial charge on any atom is 0.306 e. The van der Waals surface area contributed by atoms with Crippen molar-refractivity contribution in [1.82, 2.24) is 10.3 Å². The standard InChI is InChI=1S/C25H33FN4O4/c1-6-33-14-16(11-19(31)34-25(3,4)5)12-27-23-21(26)18-13-28-24(32)20(18)22(30-23)29-17-9-7-8-15(2)10-17/h7-10,16H,6,11-14H2,1-5H3,(H,28,32)(H2,27,29,30)/t16-/m1/s1. The third-order valence-electron chi connectivity index (χ3n) is 5.16. The number of ether oxygens (including phenoxy) is 2. The molecular formula is C25H33FN4O4. The predicted octanol–water partition coefficient (Wildman–Crippen LogP) is 4.31. The van der Waals surface area contributed by atoms with Crippen LogP contribution in [0.1, 0.15) is 55.6 Å². The van der Waals surface area contributed by atoms with Crippen molar-refractivity contribution < 1.29 is 23.5 Å². The molecule has 0 spiro atoms. The second-order valence-corrected chi connectivity index (χ2v) is 9.35. The molecule has 3 N–H and O–H groups in total. The lowest BCUT2D eigenvalue weighted by molar-refractivity contribution is -0.156. The summed E-state index contributed by atoms with van der Waals surface area (Å²) in [6.07, 6.45) is 0.116. The molecule has 184 valence electrons. The fourth-order valence-electron chi connectivity index (χ4n) is 3.68. The Morgan fingerprint density at radius 2 is 2.06 bits per heavy atom. The highest BCUT2D eigenvalue weighted by molar-refractivity contribution is 6.03. The molecule has 0 bridgehead atoms. The van der Waals surface area contributed by atoms with Crippen LogP contribution >= 0.6 is 0 Å². The molecule has 2 heterocycles. The first-order valence-corrected chi connectivity index (χ1v) is 11.4. The average molecular weight is 473 g/mol. The molecule has 1 amide bonds. The van der Waals surface area contributed by atoms with Crippen molar-refractivity contribution in [3.05, 3.63) is 46.8 Å². The maximum atomic E-state index is 15.2. The van der Waals surface area contributed by atoms with Crippen LogP contribution in [0.4, 0.5) is 21.7 Å². The number of rotatable bonds is 10. The summed E-state index contributed by atoms with van der Waals surface area (Å²) >= 11 is 0. The number of hydrogen-bond acceptors (Lipinski definition) is 7. The Kier molecular flexibility index (Phi) is 8.09. The van der Waals surface area contributed by atoms with E-state index in [1.165, 1.54) is 0 Å². The van der Waals surface area contributed by atoms with Crippen LogP contribution in [0.15, 0.2) is 24.3 Å². The Morgan fingerprint density at radius 1 is 1.29 bits per heavy atom. The number of carbonyl (C=O) groups excluding carboxylic acids is 2. The van der Waals surface area contributed by atoms with E-state index in [2.05, 4.69) is 20.9 Å². The summed E-state index contributed by atoms with van der Waals surface area (Å²) in [4.78, 5) is 29.1. The second-order valence-electron chi connectivity index (χ2n) is 9.35. The van der Waals surface area contributed by atoms with Crippen LogP contribution in [0, 0.1) is 18.7 Å². The van der Waals surface area contributed by atoms with E-state index in [-0.39, 0.29) is 60.1 Å². The Hall–Kier alpha value is -3.20. The van der Waals surface area contributed by atoms with Gasteiger partial charge in [-0.25, -0.2) is 9.37 Å². The molecule has 8 nitrogen and oxygen atoms in total. The van der Waals surface area contributed by atoms with Crippen LogP contribution in [-0.2, 0) is 20.8 Å². The second kappa shape index (κ2) is 10.8. The van der Waals surface area contributed by atoms with E-state index in [0.717, 1.165) is 11.3 Å². The van der Waals surface area contributed by atoms with Crippen LogP contribution in [0.3, 0.4) is 0 Å². The lowest BCUT2D eigenvalue weighted by atomic mass is 10.1. The normalized spacial score (nSPS) is 13.8. The van der Waals surface area contributed by atoms with Crippen LogP contribution < -0.4 is 16.0 Å². The zero-order chi connectivity index (χ0) is 24.9. The Morgan fingerprint density at radius 3 is 2.74 bits per heavy atom. The topological polar surface area (TPSA) is 102 Å². The Balaban J connectivity index is 1.82. The summed E-state index contributed by atoms with van der Waals surface area (Å²) in [5.74, 6) is -1.28. The van der Waals surface area contributed by atoms with E-state index in [1.807, 2.05) is 58.9 Å². The molecule has 0 aliphatic carbocycles. The highest BCUT2D eigenvalue weighted by Crippen LogP contribution is 2.31. The molecule has 1 aliphatic rings. The third kappa shape index (κ3) is 6.66. The third-order valence-corrected chi connectivity index (χ3v) is 5.16. The number of pyridine rings is 1. The number of esters is 1. The number of halogens is 1. The van der Waals surface area contributed by atoms with Gasteiger partial charge in [0.05, 0.1) is 18.6 Å². The molecule has 1 aliphatic heterocycles. The number of hydrogen-bond donors (Lipinski definition) is 3. The molecule has 2 aromatic rings. The van der Waals surface area contributed by atoms with Gasteiger partial charge in [-0.3, -0.25) is 9.59 Å². The SMILES string of the molecule is CCOC[C@@H](CNc1nc(Nc2cccc(C)c2)c2c(c1F)CNC2=O)CC(=O)OC(C)(C)C. The van der Waals surface area contributed by atoms with Gasteiger partial charge in [0.25, 0.3) is 5.91 Å². The number of amides is 1.